The molecule has 0 spiro atoms. The topological polar surface area (TPSA) is 114 Å². The van der Waals surface area contributed by atoms with Crippen LogP contribution in [0.5, 0.6) is 11.5 Å². The highest BCUT2D eigenvalue weighted by atomic mass is 35.5. The van der Waals surface area contributed by atoms with Gasteiger partial charge in [-0.25, -0.2) is 9.69 Å². The number of barbiturate groups is 1. The molecule has 1 heterocycles. The van der Waals surface area contributed by atoms with Crippen LogP contribution in [0.25, 0.3) is 6.08 Å². The number of ether oxygens (including phenoxy) is 2. The molecule has 4 aromatic carbocycles. The number of rotatable bonds is 9. The van der Waals surface area contributed by atoms with Crippen LogP contribution in [0.3, 0.4) is 0 Å². The van der Waals surface area contributed by atoms with E-state index in [1.165, 1.54) is 6.08 Å². The fourth-order valence-electron chi connectivity index (χ4n) is 4.10. The molecule has 0 aliphatic carbocycles. The lowest BCUT2D eigenvalue weighted by Crippen LogP contribution is -2.54. The smallest absolute Gasteiger partial charge is 0.335 e. The number of carbonyl (C=O) groups excluding carboxylic acids is 4. The number of para-hydroxylation sites is 2. The van der Waals surface area contributed by atoms with Gasteiger partial charge in [0.15, 0.2) is 6.61 Å². The average Bonchev–Trinajstić information content (AvgIpc) is 3.00. The first kappa shape index (κ1) is 28.1. The molecule has 1 aliphatic heterocycles. The number of benzene rings is 4. The van der Waals surface area contributed by atoms with E-state index in [9.17, 15) is 19.2 Å². The van der Waals surface area contributed by atoms with Gasteiger partial charge in [0.1, 0.15) is 23.7 Å². The van der Waals surface area contributed by atoms with Crippen molar-refractivity contribution in [2.75, 3.05) is 16.8 Å². The Bertz CT molecular complexity index is 1670. The average molecular weight is 582 g/mol. The number of hydrogen-bond donors (Lipinski definition) is 2. The normalized spacial score (nSPS) is 14.0. The molecule has 1 fully saturated rings. The zero-order valence-corrected chi connectivity index (χ0v) is 22.8. The van der Waals surface area contributed by atoms with Crippen molar-refractivity contribution in [3.8, 4) is 11.5 Å². The molecule has 210 valence electrons. The van der Waals surface area contributed by atoms with Crippen molar-refractivity contribution in [2.24, 2.45) is 0 Å². The maximum absolute atomic E-state index is 13.4. The summed E-state index contributed by atoms with van der Waals surface area (Å²) in [6.45, 7) is 0.00268. The number of carbonyl (C=O) groups is 4. The Morgan fingerprint density at radius 1 is 0.833 bits per heavy atom. The van der Waals surface area contributed by atoms with Crippen molar-refractivity contribution < 1.29 is 28.7 Å². The second kappa shape index (κ2) is 12.8. The molecule has 1 saturated heterocycles. The zero-order chi connectivity index (χ0) is 29.5. The van der Waals surface area contributed by atoms with Gasteiger partial charge in [0.2, 0.25) is 0 Å². The van der Waals surface area contributed by atoms with Crippen molar-refractivity contribution in [1.29, 1.82) is 0 Å². The lowest BCUT2D eigenvalue weighted by molar-refractivity contribution is -0.122. The lowest BCUT2D eigenvalue weighted by Gasteiger charge is -2.26. The quantitative estimate of drug-likeness (QED) is 0.196. The zero-order valence-electron chi connectivity index (χ0n) is 22.1. The van der Waals surface area contributed by atoms with E-state index in [0.29, 0.717) is 28.6 Å². The number of anilines is 2. The molecule has 0 bridgehead atoms. The molecule has 0 radical (unpaired) electrons. The van der Waals surface area contributed by atoms with E-state index in [1.54, 1.807) is 72.8 Å². The van der Waals surface area contributed by atoms with E-state index in [2.05, 4.69) is 10.6 Å². The van der Waals surface area contributed by atoms with E-state index in [-0.39, 0.29) is 23.6 Å². The summed E-state index contributed by atoms with van der Waals surface area (Å²) in [7, 11) is 0. The minimum absolute atomic E-state index is 0.253. The molecular formula is C32H24ClN3O6. The predicted octanol–water partition coefficient (Wildman–Crippen LogP) is 5.60. The number of urea groups is 1. The van der Waals surface area contributed by atoms with Gasteiger partial charge in [-0.2, -0.15) is 0 Å². The van der Waals surface area contributed by atoms with Gasteiger partial charge in [-0.15, -0.1) is 0 Å². The Hall–Kier alpha value is -5.41. The molecule has 10 heteroatoms. The third-order valence-electron chi connectivity index (χ3n) is 6.17. The molecule has 9 nitrogen and oxygen atoms in total. The van der Waals surface area contributed by atoms with Gasteiger partial charge in [-0.05, 0) is 54.1 Å². The number of nitrogens with one attached hydrogen (secondary N) is 2. The van der Waals surface area contributed by atoms with E-state index < -0.39 is 23.8 Å². The van der Waals surface area contributed by atoms with Gasteiger partial charge in [0.05, 0.1) is 16.4 Å². The molecule has 0 saturated carbocycles. The molecular weight excluding hydrogens is 558 g/mol. The van der Waals surface area contributed by atoms with Gasteiger partial charge in [0, 0.05) is 5.56 Å². The summed E-state index contributed by atoms with van der Waals surface area (Å²) < 4.78 is 11.5. The summed E-state index contributed by atoms with van der Waals surface area (Å²) in [4.78, 5) is 52.1. The third kappa shape index (κ3) is 6.65. The summed E-state index contributed by atoms with van der Waals surface area (Å²) in [6.07, 6.45) is 1.32. The van der Waals surface area contributed by atoms with Gasteiger partial charge in [0.25, 0.3) is 17.7 Å². The minimum Gasteiger partial charge on any atom is -0.489 e. The van der Waals surface area contributed by atoms with Crippen molar-refractivity contribution in [1.82, 2.24) is 5.32 Å². The molecule has 1 aliphatic rings. The standard InChI is InChI=1S/C32H24ClN3O6/c33-26-11-5-6-12-27(26)34-29(37)20-42-28-13-7-4-10-22(28)18-25-30(38)35-32(40)36(31(25)39)23-14-16-24(17-15-23)41-19-21-8-2-1-3-9-21/h1-18H,19-20H2,(H,34,37)(H,35,38,40)/b25-18+. The molecule has 0 aromatic heterocycles. The highest BCUT2D eigenvalue weighted by Crippen LogP contribution is 2.27. The Balaban J connectivity index is 1.30. The van der Waals surface area contributed by atoms with Crippen LogP contribution in [0.15, 0.2) is 109 Å². The number of amides is 5. The highest BCUT2D eigenvalue weighted by molar-refractivity contribution is 6.39. The molecule has 5 rings (SSSR count). The van der Waals surface area contributed by atoms with Crippen LogP contribution in [0.2, 0.25) is 5.02 Å². The summed E-state index contributed by atoms with van der Waals surface area (Å²) >= 11 is 6.09. The molecule has 0 atom stereocenters. The first-order chi connectivity index (χ1) is 20.4. The minimum atomic E-state index is -0.874. The number of imide groups is 2. The maximum atomic E-state index is 13.4. The number of halogens is 1. The molecule has 2 N–H and O–H groups in total. The highest BCUT2D eigenvalue weighted by Gasteiger charge is 2.37. The summed E-state index contributed by atoms with van der Waals surface area (Å²) in [5.41, 5.74) is 1.76. The second-order valence-corrected chi connectivity index (χ2v) is 9.49. The van der Waals surface area contributed by atoms with Gasteiger partial charge in [-0.1, -0.05) is 72.3 Å². The van der Waals surface area contributed by atoms with Gasteiger partial charge < -0.3 is 14.8 Å². The summed E-state index contributed by atoms with van der Waals surface area (Å²) in [5.74, 6) is -1.32. The van der Waals surface area contributed by atoms with Crippen LogP contribution >= 0.6 is 11.6 Å². The third-order valence-corrected chi connectivity index (χ3v) is 6.50. The van der Waals surface area contributed by atoms with Crippen LogP contribution < -0.4 is 25.0 Å². The van der Waals surface area contributed by atoms with Crippen LogP contribution in [0.4, 0.5) is 16.2 Å². The maximum Gasteiger partial charge on any atom is 0.335 e. The van der Waals surface area contributed by atoms with Crippen LogP contribution in [-0.2, 0) is 21.0 Å². The number of nitrogens with zero attached hydrogens (tertiary/aromatic N) is 1. The Morgan fingerprint density at radius 3 is 2.29 bits per heavy atom. The van der Waals surface area contributed by atoms with E-state index in [4.69, 9.17) is 21.1 Å². The molecule has 0 unspecified atom stereocenters. The Morgan fingerprint density at radius 2 is 1.52 bits per heavy atom. The predicted molar refractivity (Wildman–Crippen MR) is 158 cm³/mol. The second-order valence-electron chi connectivity index (χ2n) is 9.08. The molecule has 5 amide bonds. The summed E-state index contributed by atoms with van der Waals surface area (Å²) in [6, 6.07) is 28.5. The monoisotopic (exact) mass is 581 g/mol. The fraction of sp³-hybridized carbons (Fsp3) is 0.0625. The molecule has 42 heavy (non-hydrogen) atoms. The van der Waals surface area contributed by atoms with Gasteiger partial charge >= 0.3 is 6.03 Å². The van der Waals surface area contributed by atoms with Crippen molar-refractivity contribution >= 4 is 52.8 Å². The van der Waals surface area contributed by atoms with Crippen molar-refractivity contribution in [3.63, 3.8) is 0 Å². The van der Waals surface area contributed by atoms with Crippen LogP contribution in [0, 0.1) is 0 Å². The van der Waals surface area contributed by atoms with E-state index in [0.717, 1.165) is 10.5 Å². The van der Waals surface area contributed by atoms with Crippen molar-refractivity contribution in [3.05, 3.63) is 125 Å². The van der Waals surface area contributed by atoms with Crippen LogP contribution in [0.1, 0.15) is 11.1 Å². The van der Waals surface area contributed by atoms with Gasteiger partial charge in [-0.3, -0.25) is 19.7 Å². The van der Waals surface area contributed by atoms with Crippen molar-refractivity contribution in [2.45, 2.75) is 6.61 Å². The largest absolute Gasteiger partial charge is 0.489 e. The molecule has 4 aromatic rings. The number of hydrogen-bond acceptors (Lipinski definition) is 6. The summed E-state index contributed by atoms with van der Waals surface area (Å²) in [5, 5.41) is 5.24. The fourth-order valence-corrected chi connectivity index (χ4v) is 4.29. The van der Waals surface area contributed by atoms with E-state index >= 15 is 0 Å². The SMILES string of the molecule is O=C(COc1ccccc1/C=C1\C(=O)NC(=O)N(c2ccc(OCc3ccccc3)cc2)C1=O)Nc1ccccc1Cl. The first-order valence-electron chi connectivity index (χ1n) is 12.8. The Labute approximate surface area is 246 Å². The Kier molecular flexibility index (Phi) is 8.60. The van der Waals surface area contributed by atoms with E-state index in [1.807, 2.05) is 30.3 Å². The lowest BCUT2D eigenvalue weighted by atomic mass is 10.1. The van der Waals surface area contributed by atoms with Crippen LogP contribution in [-0.4, -0.2) is 30.4 Å². The first-order valence-corrected chi connectivity index (χ1v) is 13.2.